The molecule has 2 amide bonds. The second-order valence-electron chi connectivity index (χ2n) is 6.10. The smallest absolute Gasteiger partial charge is 0.261 e. The Hall–Kier alpha value is -2.05. The van der Waals surface area contributed by atoms with Gasteiger partial charge in [-0.25, -0.2) is 0 Å². The van der Waals surface area contributed by atoms with E-state index in [1.165, 1.54) is 4.90 Å². The monoisotopic (exact) mass is 452 g/mol. The van der Waals surface area contributed by atoms with E-state index >= 15 is 0 Å². The molecule has 0 saturated carbocycles. The molecule has 27 heavy (non-hydrogen) atoms. The van der Waals surface area contributed by atoms with Crippen molar-refractivity contribution in [3.05, 3.63) is 63.1 Å². The number of benzene rings is 2. The Balaban J connectivity index is 2.17. The van der Waals surface area contributed by atoms with Crippen molar-refractivity contribution in [3.63, 3.8) is 0 Å². The highest BCUT2D eigenvalue weighted by Gasteiger charge is 2.26. The third-order valence-electron chi connectivity index (χ3n) is 4.26. The van der Waals surface area contributed by atoms with Gasteiger partial charge in [0.2, 0.25) is 5.91 Å². The highest BCUT2D eigenvalue weighted by molar-refractivity contribution is 9.10. The number of ether oxygens (including phenoxy) is 1. The van der Waals surface area contributed by atoms with E-state index in [1.54, 1.807) is 32.2 Å². The molecule has 0 aliphatic heterocycles. The number of hydrogen-bond acceptors (Lipinski definition) is 3. The molecular formula is C20H22BrClN2O3. The lowest BCUT2D eigenvalue weighted by atomic mass is 10.1. The van der Waals surface area contributed by atoms with Crippen LogP contribution in [-0.2, 0) is 16.1 Å². The number of nitrogens with one attached hydrogen (secondary N) is 1. The summed E-state index contributed by atoms with van der Waals surface area (Å²) in [4.78, 5) is 26.5. The molecule has 0 fully saturated rings. The molecule has 0 aromatic heterocycles. The summed E-state index contributed by atoms with van der Waals surface area (Å²) < 4.78 is 6.41. The predicted octanol–water partition coefficient (Wildman–Crippen LogP) is 3.95. The van der Waals surface area contributed by atoms with Crippen LogP contribution in [0.25, 0.3) is 0 Å². The molecule has 2 aromatic rings. The van der Waals surface area contributed by atoms with Gasteiger partial charge in [-0.3, -0.25) is 9.59 Å². The van der Waals surface area contributed by atoms with Crippen LogP contribution in [-0.4, -0.2) is 36.4 Å². The molecule has 0 unspecified atom stereocenters. The van der Waals surface area contributed by atoms with Crippen molar-refractivity contribution in [2.24, 2.45) is 0 Å². The van der Waals surface area contributed by atoms with E-state index in [-0.39, 0.29) is 18.4 Å². The molecule has 1 atom stereocenters. The SMILES string of the molecule is CNC(=O)[C@H](C)N(Cc1ccccc1C)C(=O)COc1ccc(Br)cc1Cl. The van der Waals surface area contributed by atoms with Crippen LogP contribution in [0.15, 0.2) is 46.9 Å². The average Bonchev–Trinajstić information content (AvgIpc) is 2.65. The maximum absolute atomic E-state index is 12.8. The van der Waals surface area contributed by atoms with Gasteiger partial charge in [-0.15, -0.1) is 0 Å². The van der Waals surface area contributed by atoms with Gasteiger partial charge in [-0.05, 0) is 43.2 Å². The number of halogens is 2. The van der Waals surface area contributed by atoms with Crippen LogP contribution in [0, 0.1) is 6.92 Å². The summed E-state index contributed by atoms with van der Waals surface area (Å²) in [5.74, 6) is -0.122. The van der Waals surface area contributed by atoms with Crippen LogP contribution in [0.1, 0.15) is 18.1 Å². The number of nitrogens with zero attached hydrogens (tertiary/aromatic N) is 1. The number of rotatable bonds is 7. The maximum atomic E-state index is 12.8. The third kappa shape index (κ3) is 5.71. The Morgan fingerprint density at radius 1 is 1.26 bits per heavy atom. The zero-order valence-electron chi connectivity index (χ0n) is 15.5. The fourth-order valence-electron chi connectivity index (χ4n) is 2.58. The van der Waals surface area contributed by atoms with Gasteiger partial charge in [-0.2, -0.15) is 0 Å². The normalized spacial score (nSPS) is 11.6. The number of carbonyl (C=O) groups is 2. The van der Waals surface area contributed by atoms with Crippen molar-refractivity contribution in [1.82, 2.24) is 10.2 Å². The topological polar surface area (TPSA) is 58.6 Å². The van der Waals surface area contributed by atoms with Gasteiger partial charge in [0.25, 0.3) is 5.91 Å². The Morgan fingerprint density at radius 2 is 1.96 bits per heavy atom. The molecule has 144 valence electrons. The lowest BCUT2D eigenvalue weighted by molar-refractivity contribution is -0.142. The van der Waals surface area contributed by atoms with E-state index in [0.717, 1.165) is 15.6 Å². The van der Waals surface area contributed by atoms with Crippen LogP contribution >= 0.6 is 27.5 Å². The van der Waals surface area contributed by atoms with Crippen LogP contribution in [0.5, 0.6) is 5.75 Å². The number of likely N-dealkylation sites (N-methyl/N-ethyl adjacent to an activating group) is 1. The van der Waals surface area contributed by atoms with Crippen LogP contribution in [0.3, 0.4) is 0 Å². The summed E-state index contributed by atoms with van der Waals surface area (Å²) in [6.45, 7) is 3.77. The zero-order chi connectivity index (χ0) is 20.0. The summed E-state index contributed by atoms with van der Waals surface area (Å²) in [6.07, 6.45) is 0. The highest BCUT2D eigenvalue weighted by Crippen LogP contribution is 2.27. The molecule has 0 aliphatic carbocycles. The molecule has 5 nitrogen and oxygen atoms in total. The van der Waals surface area contributed by atoms with E-state index in [0.29, 0.717) is 17.3 Å². The Bertz CT molecular complexity index is 829. The first kappa shape index (κ1) is 21.3. The Kier molecular flexibility index (Phi) is 7.68. The van der Waals surface area contributed by atoms with Crippen molar-refractivity contribution >= 4 is 39.3 Å². The van der Waals surface area contributed by atoms with Crippen LogP contribution in [0.2, 0.25) is 5.02 Å². The molecule has 0 heterocycles. The minimum atomic E-state index is -0.633. The van der Waals surface area contributed by atoms with E-state index in [4.69, 9.17) is 16.3 Å². The highest BCUT2D eigenvalue weighted by atomic mass is 79.9. The molecule has 0 spiro atoms. The quantitative estimate of drug-likeness (QED) is 0.690. The molecule has 0 aliphatic rings. The van der Waals surface area contributed by atoms with Crippen molar-refractivity contribution in [2.75, 3.05) is 13.7 Å². The lowest BCUT2D eigenvalue weighted by Gasteiger charge is -2.29. The molecule has 1 N–H and O–H groups in total. The predicted molar refractivity (Wildman–Crippen MR) is 110 cm³/mol. The van der Waals surface area contributed by atoms with E-state index in [2.05, 4.69) is 21.2 Å². The molecule has 2 rings (SSSR count). The standard InChI is InChI=1S/C20H22BrClN2O3/c1-13-6-4-5-7-15(13)11-24(14(2)20(26)23-3)19(25)12-27-18-9-8-16(21)10-17(18)22/h4-10,14H,11-12H2,1-3H3,(H,23,26)/t14-/m0/s1. The maximum Gasteiger partial charge on any atom is 0.261 e. The third-order valence-corrected chi connectivity index (χ3v) is 5.05. The molecule has 0 saturated heterocycles. The van der Waals surface area contributed by atoms with Crippen molar-refractivity contribution in [1.29, 1.82) is 0 Å². The molecule has 0 bridgehead atoms. The zero-order valence-corrected chi connectivity index (χ0v) is 17.8. The Morgan fingerprint density at radius 3 is 2.59 bits per heavy atom. The Labute approximate surface area is 172 Å². The number of hydrogen-bond donors (Lipinski definition) is 1. The largest absolute Gasteiger partial charge is 0.482 e. The number of carbonyl (C=O) groups excluding carboxylic acids is 2. The van der Waals surface area contributed by atoms with Gasteiger partial charge in [0.15, 0.2) is 6.61 Å². The van der Waals surface area contributed by atoms with Gasteiger partial charge in [0.05, 0.1) is 5.02 Å². The van der Waals surface area contributed by atoms with E-state index in [1.807, 2.05) is 31.2 Å². The average molecular weight is 454 g/mol. The van der Waals surface area contributed by atoms with Crippen molar-refractivity contribution in [2.45, 2.75) is 26.4 Å². The van der Waals surface area contributed by atoms with E-state index in [9.17, 15) is 9.59 Å². The lowest BCUT2D eigenvalue weighted by Crippen LogP contribution is -2.48. The van der Waals surface area contributed by atoms with Gasteiger partial charge >= 0.3 is 0 Å². The van der Waals surface area contributed by atoms with Crippen molar-refractivity contribution < 1.29 is 14.3 Å². The fourth-order valence-corrected chi connectivity index (χ4v) is 3.31. The number of aryl methyl sites for hydroxylation is 1. The van der Waals surface area contributed by atoms with Gasteiger partial charge < -0.3 is 15.0 Å². The van der Waals surface area contributed by atoms with Gasteiger partial charge in [-0.1, -0.05) is 51.8 Å². The second kappa shape index (κ2) is 9.76. The van der Waals surface area contributed by atoms with Crippen LogP contribution in [0.4, 0.5) is 0 Å². The minimum Gasteiger partial charge on any atom is -0.482 e. The van der Waals surface area contributed by atoms with Gasteiger partial charge in [0.1, 0.15) is 11.8 Å². The first-order chi connectivity index (χ1) is 12.8. The number of amides is 2. The molecule has 7 heteroatoms. The minimum absolute atomic E-state index is 0.214. The van der Waals surface area contributed by atoms with Crippen LogP contribution < -0.4 is 10.1 Å². The van der Waals surface area contributed by atoms with Gasteiger partial charge in [0, 0.05) is 18.1 Å². The summed E-state index contributed by atoms with van der Waals surface area (Å²) in [6, 6.07) is 12.3. The first-order valence-electron chi connectivity index (χ1n) is 8.47. The van der Waals surface area contributed by atoms with E-state index < -0.39 is 6.04 Å². The fraction of sp³-hybridized carbons (Fsp3) is 0.300. The molecular weight excluding hydrogens is 432 g/mol. The first-order valence-corrected chi connectivity index (χ1v) is 9.64. The molecule has 0 radical (unpaired) electrons. The summed E-state index contributed by atoms with van der Waals surface area (Å²) >= 11 is 9.46. The molecule has 2 aromatic carbocycles. The van der Waals surface area contributed by atoms with Crippen molar-refractivity contribution in [3.8, 4) is 5.75 Å². The summed E-state index contributed by atoms with van der Waals surface area (Å²) in [7, 11) is 1.55. The summed E-state index contributed by atoms with van der Waals surface area (Å²) in [5.41, 5.74) is 2.03. The summed E-state index contributed by atoms with van der Waals surface area (Å²) in [5, 5.41) is 2.99. The second-order valence-corrected chi connectivity index (χ2v) is 7.42.